The second-order valence-corrected chi connectivity index (χ2v) is 5.03. The monoisotopic (exact) mass is 274 g/mol. The maximum absolute atomic E-state index is 12.3. The molecular weight excluding hydrogens is 256 g/mol. The van der Waals surface area contributed by atoms with Crippen LogP contribution in [-0.2, 0) is 9.47 Å². The Morgan fingerprint density at radius 2 is 2.20 bits per heavy atom. The highest BCUT2D eigenvalue weighted by Crippen LogP contribution is 2.34. The van der Waals surface area contributed by atoms with E-state index in [0.717, 1.165) is 12.8 Å². The number of benzene rings is 1. The molecule has 3 rings (SSSR count). The standard InChI is InChI=1S/C16H18O4/c1-2-3-8-18-15-9-14-12(10-19-15)16(17)11-6-4-5-7-13(11)20-14/h4-7,10,14-15H,2-3,8-9H2,1H3/t14-,15-/m0/s1. The van der Waals surface area contributed by atoms with Crippen molar-refractivity contribution >= 4 is 5.78 Å². The Morgan fingerprint density at radius 1 is 1.35 bits per heavy atom. The van der Waals surface area contributed by atoms with Gasteiger partial charge in [0.1, 0.15) is 11.9 Å². The summed E-state index contributed by atoms with van der Waals surface area (Å²) in [6, 6.07) is 7.31. The zero-order valence-corrected chi connectivity index (χ0v) is 11.5. The average Bonchev–Trinajstić information content (AvgIpc) is 2.48. The Balaban J connectivity index is 1.74. The van der Waals surface area contributed by atoms with Crippen molar-refractivity contribution in [2.45, 2.75) is 38.6 Å². The van der Waals surface area contributed by atoms with Crippen LogP contribution >= 0.6 is 0 Å². The van der Waals surface area contributed by atoms with Crippen LogP contribution in [-0.4, -0.2) is 24.8 Å². The predicted octanol–water partition coefficient (Wildman–Crippen LogP) is 3.08. The molecule has 0 saturated carbocycles. The number of hydrogen-bond donors (Lipinski definition) is 0. The zero-order valence-electron chi connectivity index (χ0n) is 11.5. The van der Waals surface area contributed by atoms with E-state index in [1.54, 1.807) is 6.07 Å². The van der Waals surface area contributed by atoms with Gasteiger partial charge in [0, 0.05) is 0 Å². The van der Waals surface area contributed by atoms with Gasteiger partial charge in [0.05, 0.1) is 30.4 Å². The highest BCUT2D eigenvalue weighted by Gasteiger charge is 2.37. The number of rotatable bonds is 4. The van der Waals surface area contributed by atoms with Crippen LogP contribution in [0.15, 0.2) is 36.1 Å². The minimum atomic E-state index is -0.326. The molecule has 0 fully saturated rings. The van der Waals surface area contributed by atoms with E-state index in [1.165, 1.54) is 6.26 Å². The lowest BCUT2D eigenvalue weighted by Gasteiger charge is -2.33. The molecule has 0 spiro atoms. The van der Waals surface area contributed by atoms with Crippen molar-refractivity contribution < 1.29 is 19.0 Å². The Bertz CT molecular complexity index is 535. The van der Waals surface area contributed by atoms with Crippen molar-refractivity contribution in [2.24, 2.45) is 0 Å². The number of ether oxygens (including phenoxy) is 3. The fraction of sp³-hybridized carbons (Fsp3) is 0.438. The highest BCUT2D eigenvalue weighted by molar-refractivity contribution is 6.12. The molecular formula is C16H18O4. The lowest BCUT2D eigenvalue weighted by atomic mass is 9.93. The van der Waals surface area contributed by atoms with E-state index >= 15 is 0 Å². The number of Topliss-reactive ketones (excluding diaryl/α,β-unsaturated/α-hetero) is 1. The molecule has 0 N–H and O–H groups in total. The van der Waals surface area contributed by atoms with Crippen molar-refractivity contribution in [3.63, 3.8) is 0 Å². The van der Waals surface area contributed by atoms with Crippen LogP contribution < -0.4 is 4.74 Å². The van der Waals surface area contributed by atoms with E-state index < -0.39 is 0 Å². The SMILES string of the molecule is CCCCO[C@@H]1C[C@@H]2Oc3ccccc3C(=O)C2=CO1. The molecule has 0 radical (unpaired) electrons. The summed E-state index contributed by atoms with van der Waals surface area (Å²) in [5.74, 6) is 0.637. The molecule has 0 saturated heterocycles. The number of ketones is 1. The fourth-order valence-corrected chi connectivity index (χ4v) is 2.43. The van der Waals surface area contributed by atoms with E-state index in [9.17, 15) is 4.79 Å². The van der Waals surface area contributed by atoms with Crippen LogP contribution in [0.1, 0.15) is 36.5 Å². The summed E-state index contributed by atoms with van der Waals surface area (Å²) in [6.07, 6.45) is 3.55. The highest BCUT2D eigenvalue weighted by atomic mass is 16.7. The summed E-state index contributed by atoms with van der Waals surface area (Å²) < 4.78 is 17.0. The Labute approximate surface area is 118 Å². The van der Waals surface area contributed by atoms with Crippen LogP contribution in [0.2, 0.25) is 0 Å². The van der Waals surface area contributed by atoms with Crippen LogP contribution in [0.3, 0.4) is 0 Å². The molecule has 2 heterocycles. The van der Waals surface area contributed by atoms with Gasteiger partial charge in [0.25, 0.3) is 0 Å². The molecule has 2 atom stereocenters. The summed E-state index contributed by atoms with van der Waals surface area (Å²) in [4.78, 5) is 12.3. The largest absolute Gasteiger partial charge is 0.484 e. The van der Waals surface area contributed by atoms with Crippen molar-refractivity contribution in [3.05, 3.63) is 41.7 Å². The molecule has 2 aliphatic heterocycles. The van der Waals surface area contributed by atoms with E-state index in [-0.39, 0.29) is 18.2 Å². The average molecular weight is 274 g/mol. The van der Waals surface area contributed by atoms with Gasteiger partial charge in [0.2, 0.25) is 6.29 Å². The first-order valence-electron chi connectivity index (χ1n) is 7.07. The third-order valence-corrected chi connectivity index (χ3v) is 3.56. The first-order valence-corrected chi connectivity index (χ1v) is 7.07. The maximum Gasteiger partial charge on any atom is 0.202 e. The van der Waals surface area contributed by atoms with Gasteiger partial charge in [-0.15, -0.1) is 0 Å². The Hall–Kier alpha value is -1.81. The molecule has 106 valence electrons. The van der Waals surface area contributed by atoms with Gasteiger partial charge in [-0.1, -0.05) is 25.5 Å². The molecule has 1 aromatic carbocycles. The summed E-state index contributed by atoms with van der Waals surface area (Å²) in [5.41, 5.74) is 1.18. The van der Waals surface area contributed by atoms with Crippen molar-refractivity contribution in [1.82, 2.24) is 0 Å². The van der Waals surface area contributed by atoms with Crippen molar-refractivity contribution in [2.75, 3.05) is 6.61 Å². The number of para-hydroxylation sites is 1. The van der Waals surface area contributed by atoms with Gasteiger partial charge in [-0.05, 0) is 18.6 Å². The van der Waals surface area contributed by atoms with E-state index in [1.807, 2.05) is 18.2 Å². The molecule has 0 unspecified atom stereocenters. The van der Waals surface area contributed by atoms with E-state index in [0.29, 0.717) is 29.9 Å². The molecule has 0 aromatic heterocycles. The number of carbonyl (C=O) groups excluding carboxylic acids is 1. The van der Waals surface area contributed by atoms with Crippen LogP contribution in [0.4, 0.5) is 0 Å². The van der Waals surface area contributed by atoms with Crippen LogP contribution in [0, 0.1) is 0 Å². The van der Waals surface area contributed by atoms with E-state index in [2.05, 4.69) is 6.92 Å². The maximum atomic E-state index is 12.3. The zero-order chi connectivity index (χ0) is 13.9. The minimum absolute atomic E-state index is 0.0103. The molecule has 2 aliphatic rings. The molecule has 0 bridgehead atoms. The molecule has 1 aromatic rings. The van der Waals surface area contributed by atoms with Gasteiger partial charge in [0.15, 0.2) is 5.78 Å². The van der Waals surface area contributed by atoms with Gasteiger partial charge in [-0.3, -0.25) is 4.79 Å². The van der Waals surface area contributed by atoms with Gasteiger partial charge < -0.3 is 14.2 Å². The Morgan fingerprint density at radius 3 is 3.05 bits per heavy atom. The molecule has 20 heavy (non-hydrogen) atoms. The topological polar surface area (TPSA) is 44.8 Å². The quantitative estimate of drug-likeness (QED) is 0.791. The number of fused-ring (bicyclic) bond motifs is 2. The van der Waals surface area contributed by atoms with E-state index in [4.69, 9.17) is 14.2 Å². The summed E-state index contributed by atoms with van der Waals surface area (Å²) in [5, 5.41) is 0. The van der Waals surface area contributed by atoms with Gasteiger partial charge in [-0.2, -0.15) is 0 Å². The molecule has 0 aliphatic carbocycles. The normalized spacial score (nSPS) is 24.1. The smallest absolute Gasteiger partial charge is 0.202 e. The van der Waals surface area contributed by atoms with Crippen LogP contribution in [0.25, 0.3) is 0 Å². The second-order valence-electron chi connectivity index (χ2n) is 5.03. The summed E-state index contributed by atoms with van der Waals surface area (Å²) in [6.45, 7) is 2.78. The molecule has 4 heteroatoms. The third-order valence-electron chi connectivity index (χ3n) is 3.56. The molecule has 4 nitrogen and oxygen atoms in total. The number of unbranched alkanes of at least 4 members (excludes halogenated alkanes) is 1. The first kappa shape index (κ1) is 13.2. The fourth-order valence-electron chi connectivity index (χ4n) is 2.43. The molecule has 0 amide bonds. The minimum Gasteiger partial charge on any atom is -0.484 e. The van der Waals surface area contributed by atoms with Crippen molar-refractivity contribution in [3.8, 4) is 5.75 Å². The second kappa shape index (κ2) is 5.67. The predicted molar refractivity (Wildman–Crippen MR) is 73.6 cm³/mol. The summed E-state index contributed by atoms with van der Waals surface area (Å²) >= 11 is 0. The lowest BCUT2D eigenvalue weighted by Crippen LogP contribution is -2.38. The number of hydrogen-bond acceptors (Lipinski definition) is 4. The Kier molecular flexibility index (Phi) is 3.74. The summed E-state index contributed by atoms with van der Waals surface area (Å²) in [7, 11) is 0. The number of carbonyl (C=O) groups is 1. The lowest BCUT2D eigenvalue weighted by molar-refractivity contribution is -0.131. The first-order chi connectivity index (χ1) is 9.79. The third kappa shape index (κ3) is 2.43. The van der Waals surface area contributed by atoms with Crippen molar-refractivity contribution in [1.29, 1.82) is 0 Å². The van der Waals surface area contributed by atoms with Crippen LogP contribution in [0.5, 0.6) is 5.75 Å². The van der Waals surface area contributed by atoms with Gasteiger partial charge >= 0.3 is 0 Å². The van der Waals surface area contributed by atoms with Gasteiger partial charge in [-0.25, -0.2) is 0 Å².